The molecular formula is C12H22O2. The van der Waals surface area contributed by atoms with Crippen LogP contribution in [0.4, 0.5) is 0 Å². The van der Waals surface area contributed by atoms with Crippen molar-refractivity contribution in [2.24, 2.45) is 0 Å². The summed E-state index contributed by atoms with van der Waals surface area (Å²) in [5.41, 5.74) is 0. The van der Waals surface area contributed by atoms with Gasteiger partial charge in [0.1, 0.15) is 12.2 Å². The highest BCUT2D eigenvalue weighted by molar-refractivity contribution is 5.00. The summed E-state index contributed by atoms with van der Waals surface area (Å²) in [5, 5.41) is 18.9. The minimum atomic E-state index is -0.769. The van der Waals surface area contributed by atoms with Crippen LogP contribution in [0.2, 0.25) is 0 Å². The van der Waals surface area contributed by atoms with Crippen LogP contribution >= 0.6 is 0 Å². The van der Waals surface area contributed by atoms with Crippen LogP contribution in [0.25, 0.3) is 0 Å². The molecule has 0 aromatic carbocycles. The molecule has 82 valence electrons. The normalized spacial score (nSPS) is 16.6. The molecule has 0 aromatic rings. The van der Waals surface area contributed by atoms with Gasteiger partial charge in [-0.25, -0.2) is 0 Å². The molecule has 0 saturated heterocycles. The lowest BCUT2D eigenvalue weighted by Gasteiger charge is -2.09. The van der Waals surface area contributed by atoms with E-state index in [1.165, 1.54) is 0 Å². The molecule has 0 amide bonds. The Kier molecular flexibility index (Phi) is 8.59. The van der Waals surface area contributed by atoms with E-state index < -0.39 is 12.2 Å². The molecule has 0 aliphatic heterocycles. The molecule has 0 aromatic heterocycles. The van der Waals surface area contributed by atoms with E-state index in [0.717, 1.165) is 25.7 Å². The van der Waals surface area contributed by atoms with Crippen molar-refractivity contribution in [2.75, 3.05) is 0 Å². The fourth-order valence-corrected chi connectivity index (χ4v) is 1.03. The monoisotopic (exact) mass is 198 g/mol. The van der Waals surface area contributed by atoms with Crippen LogP contribution in [0.1, 0.15) is 39.5 Å². The highest BCUT2D eigenvalue weighted by Gasteiger charge is 2.07. The molecule has 2 N–H and O–H groups in total. The van der Waals surface area contributed by atoms with Gasteiger partial charge in [0.15, 0.2) is 0 Å². The van der Waals surface area contributed by atoms with Crippen molar-refractivity contribution in [3.05, 3.63) is 24.3 Å². The molecule has 2 atom stereocenters. The summed E-state index contributed by atoms with van der Waals surface area (Å²) in [7, 11) is 0. The lowest BCUT2D eigenvalue weighted by molar-refractivity contribution is 0.0805. The Labute approximate surface area is 87.0 Å². The number of aliphatic hydroxyl groups excluding tert-OH is 2. The second-order valence-electron chi connectivity index (χ2n) is 3.41. The van der Waals surface area contributed by atoms with Gasteiger partial charge < -0.3 is 10.2 Å². The van der Waals surface area contributed by atoms with Crippen molar-refractivity contribution in [3.8, 4) is 0 Å². The number of unbranched alkanes of at least 4 members (excludes halogenated alkanes) is 2. The van der Waals surface area contributed by atoms with Gasteiger partial charge in [-0.3, -0.25) is 0 Å². The van der Waals surface area contributed by atoms with Gasteiger partial charge in [-0.1, -0.05) is 51.0 Å². The summed E-state index contributed by atoms with van der Waals surface area (Å²) in [5.74, 6) is 0. The van der Waals surface area contributed by atoms with Gasteiger partial charge in [0.05, 0.1) is 0 Å². The summed E-state index contributed by atoms with van der Waals surface area (Å²) in [6.45, 7) is 4.16. The molecule has 0 saturated carbocycles. The maximum atomic E-state index is 9.46. The van der Waals surface area contributed by atoms with E-state index in [9.17, 15) is 10.2 Å². The zero-order valence-electron chi connectivity index (χ0n) is 9.19. The zero-order valence-corrected chi connectivity index (χ0v) is 9.19. The second-order valence-corrected chi connectivity index (χ2v) is 3.41. The molecule has 2 nitrogen and oxygen atoms in total. The molecule has 2 heteroatoms. The zero-order chi connectivity index (χ0) is 10.8. The first-order chi connectivity index (χ1) is 6.72. The highest BCUT2D eigenvalue weighted by atomic mass is 16.3. The molecule has 0 rings (SSSR count). The van der Waals surface area contributed by atoms with E-state index in [2.05, 4.69) is 13.8 Å². The van der Waals surface area contributed by atoms with Crippen LogP contribution in [0.3, 0.4) is 0 Å². The van der Waals surface area contributed by atoms with E-state index in [-0.39, 0.29) is 0 Å². The second kappa shape index (κ2) is 8.97. The Morgan fingerprint density at radius 1 is 0.857 bits per heavy atom. The molecular weight excluding hydrogens is 176 g/mol. The van der Waals surface area contributed by atoms with Crippen molar-refractivity contribution < 1.29 is 10.2 Å². The van der Waals surface area contributed by atoms with Crippen LogP contribution in [0.15, 0.2) is 24.3 Å². The van der Waals surface area contributed by atoms with Crippen LogP contribution in [0, 0.1) is 0 Å². The van der Waals surface area contributed by atoms with E-state index in [1.54, 1.807) is 12.2 Å². The quantitative estimate of drug-likeness (QED) is 0.617. The number of rotatable bonds is 7. The third kappa shape index (κ3) is 6.87. The number of hydrogen-bond donors (Lipinski definition) is 2. The minimum absolute atomic E-state index is 0.769. The Morgan fingerprint density at radius 2 is 1.21 bits per heavy atom. The van der Waals surface area contributed by atoms with Gasteiger partial charge in [0.25, 0.3) is 0 Å². The highest BCUT2D eigenvalue weighted by Crippen LogP contribution is 2.01. The van der Waals surface area contributed by atoms with E-state index in [0.29, 0.717) is 0 Å². The Bertz CT molecular complexity index is 153. The maximum Gasteiger partial charge on any atom is 0.102 e. The van der Waals surface area contributed by atoms with Crippen LogP contribution in [-0.4, -0.2) is 22.4 Å². The largest absolute Gasteiger partial charge is 0.386 e. The van der Waals surface area contributed by atoms with Crippen LogP contribution in [-0.2, 0) is 0 Å². The fraction of sp³-hybridized carbons (Fsp3) is 0.667. The molecule has 14 heavy (non-hydrogen) atoms. The number of hydrogen-bond acceptors (Lipinski definition) is 2. The van der Waals surface area contributed by atoms with Gasteiger partial charge in [-0.15, -0.1) is 0 Å². The smallest absolute Gasteiger partial charge is 0.102 e. The van der Waals surface area contributed by atoms with Crippen molar-refractivity contribution in [1.82, 2.24) is 0 Å². The van der Waals surface area contributed by atoms with Crippen LogP contribution in [0.5, 0.6) is 0 Å². The molecule has 0 radical (unpaired) electrons. The Hall–Kier alpha value is -0.600. The van der Waals surface area contributed by atoms with Gasteiger partial charge in [0.2, 0.25) is 0 Å². The summed E-state index contributed by atoms with van der Waals surface area (Å²) in [6.07, 6.45) is 9.60. The predicted molar refractivity (Wildman–Crippen MR) is 60.1 cm³/mol. The lowest BCUT2D eigenvalue weighted by Crippen LogP contribution is -2.21. The summed E-state index contributed by atoms with van der Waals surface area (Å²) >= 11 is 0. The van der Waals surface area contributed by atoms with Crippen molar-refractivity contribution in [2.45, 2.75) is 51.7 Å². The average molecular weight is 198 g/mol. The van der Waals surface area contributed by atoms with E-state index in [4.69, 9.17) is 0 Å². The predicted octanol–water partition coefficient (Wildman–Crippen LogP) is 2.42. The molecule has 0 aliphatic carbocycles. The van der Waals surface area contributed by atoms with Crippen molar-refractivity contribution in [3.63, 3.8) is 0 Å². The first kappa shape index (κ1) is 13.4. The van der Waals surface area contributed by atoms with Gasteiger partial charge in [0, 0.05) is 0 Å². The molecule has 0 fully saturated rings. The van der Waals surface area contributed by atoms with Gasteiger partial charge in [-0.2, -0.15) is 0 Å². The molecule has 0 unspecified atom stereocenters. The molecule has 0 bridgehead atoms. The lowest BCUT2D eigenvalue weighted by atomic mass is 10.1. The minimum Gasteiger partial charge on any atom is -0.386 e. The first-order valence-corrected chi connectivity index (χ1v) is 5.41. The van der Waals surface area contributed by atoms with Crippen molar-refractivity contribution in [1.29, 1.82) is 0 Å². The topological polar surface area (TPSA) is 40.5 Å². The number of allylic oxidation sites excluding steroid dienone is 2. The molecule has 0 heterocycles. The molecule has 0 spiro atoms. The van der Waals surface area contributed by atoms with Gasteiger partial charge >= 0.3 is 0 Å². The third-order valence-electron chi connectivity index (χ3n) is 1.93. The molecule has 0 aliphatic rings. The van der Waals surface area contributed by atoms with E-state index >= 15 is 0 Å². The maximum absolute atomic E-state index is 9.46. The van der Waals surface area contributed by atoms with E-state index in [1.807, 2.05) is 12.2 Å². The van der Waals surface area contributed by atoms with Gasteiger partial charge in [-0.05, 0) is 12.8 Å². The number of aliphatic hydroxyl groups is 2. The van der Waals surface area contributed by atoms with Crippen LogP contribution < -0.4 is 0 Å². The SMILES string of the molecule is CCC/C=C/[C@@H](O)[C@@H](O)/C=C/CCC. The Morgan fingerprint density at radius 3 is 1.50 bits per heavy atom. The Balaban J connectivity index is 3.80. The third-order valence-corrected chi connectivity index (χ3v) is 1.93. The van der Waals surface area contributed by atoms with Crippen molar-refractivity contribution >= 4 is 0 Å². The first-order valence-electron chi connectivity index (χ1n) is 5.41. The average Bonchev–Trinajstić information content (AvgIpc) is 2.18. The summed E-state index contributed by atoms with van der Waals surface area (Å²) in [6, 6.07) is 0. The summed E-state index contributed by atoms with van der Waals surface area (Å²) < 4.78 is 0. The summed E-state index contributed by atoms with van der Waals surface area (Å²) in [4.78, 5) is 0. The standard InChI is InChI=1S/C12H22O2/c1-3-5-7-9-11(13)12(14)10-8-6-4-2/h7-14H,3-6H2,1-2H3/b9-7+,10-8+/t11-,12+. The fourth-order valence-electron chi connectivity index (χ4n) is 1.03.